The fourth-order valence-corrected chi connectivity index (χ4v) is 2.24. The van der Waals surface area contributed by atoms with Crippen LogP contribution in [0.4, 0.5) is 5.69 Å². The van der Waals surface area contributed by atoms with E-state index >= 15 is 0 Å². The minimum absolute atomic E-state index is 0.359. The lowest BCUT2D eigenvalue weighted by Gasteiger charge is -2.16. The number of fused-ring (bicyclic) bond motifs is 1. The highest BCUT2D eigenvalue weighted by Gasteiger charge is 2.35. The molecule has 0 spiro atoms. The highest BCUT2D eigenvalue weighted by molar-refractivity contribution is 9.10. The Labute approximate surface area is 119 Å². The van der Waals surface area contributed by atoms with Gasteiger partial charge >= 0.3 is 0 Å². The standard InChI is InChI=1S/C13H14BrNO4/c1-18-6-7-19-5-4-15-11-8-9(14)2-3-10(11)12(16)13(15)17/h2-3,8H,4-7H2,1H3. The zero-order chi connectivity index (χ0) is 13.8. The summed E-state index contributed by atoms with van der Waals surface area (Å²) in [5.74, 6) is -0.956. The molecule has 0 fully saturated rings. The summed E-state index contributed by atoms with van der Waals surface area (Å²) in [7, 11) is 1.60. The number of nitrogens with zero attached hydrogens (tertiary/aromatic N) is 1. The van der Waals surface area contributed by atoms with Gasteiger partial charge in [0, 0.05) is 18.1 Å². The monoisotopic (exact) mass is 327 g/mol. The number of Topliss-reactive ketones (excluding diaryl/α,β-unsaturated/α-hetero) is 1. The lowest BCUT2D eigenvalue weighted by atomic mass is 10.1. The molecule has 102 valence electrons. The van der Waals surface area contributed by atoms with Crippen LogP contribution in [-0.4, -0.2) is 45.2 Å². The summed E-state index contributed by atoms with van der Waals surface area (Å²) in [6, 6.07) is 5.18. The van der Waals surface area contributed by atoms with E-state index in [1.165, 1.54) is 4.90 Å². The van der Waals surface area contributed by atoms with Crippen molar-refractivity contribution in [3.63, 3.8) is 0 Å². The second kappa shape index (κ2) is 6.27. The highest BCUT2D eigenvalue weighted by Crippen LogP contribution is 2.31. The molecule has 1 amide bonds. The molecule has 1 aromatic carbocycles. The summed E-state index contributed by atoms with van der Waals surface area (Å²) in [4.78, 5) is 25.1. The topological polar surface area (TPSA) is 55.8 Å². The molecule has 1 aliphatic rings. The van der Waals surface area contributed by atoms with Gasteiger partial charge in [-0.3, -0.25) is 9.59 Å². The van der Waals surface area contributed by atoms with Gasteiger partial charge in [0.05, 0.1) is 31.1 Å². The lowest BCUT2D eigenvalue weighted by Crippen LogP contribution is -2.33. The summed E-state index contributed by atoms with van der Waals surface area (Å²) in [6.45, 7) is 1.71. The zero-order valence-electron chi connectivity index (χ0n) is 10.5. The molecule has 0 saturated carbocycles. The van der Waals surface area contributed by atoms with Gasteiger partial charge in [0.15, 0.2) is 0 Å². The predicted molar refractivity (Wildman–Crippen MR) is 73.5 cm³/mol. The first-order valence-corrected chi connectivity index (χ1v) is 6.67. The number of carbonyl (C=O) groups is 2. The Balaban J connectivity index is 2.04. The van der Waals surface area contributed by atoms with Gasteiger partial charge in [-0.2, -0.15) is 0 Å². The Morgan fingerprint density at radius 2 is 2.00 bits per heavy atom. The number of benzene rings is 1. The van der Waals surface area contributed by atoms with Crippen molar-refractivity contribution >= 4 is 33.3 Å². The number of ketones is 1. The van der Waals surface area contributed by atoms with Gasteiger partial charge in [0.2, 0.25) is 0 Å². The zero-order valence-corrected chi connectivity index (χ0v) is 12.1. The first-order chi connectivity index (χ1) is 9.15. The van der Waals surface area contributed by atoms with Crippen molar-refractivity contribution in [1.29, 1.82) is 0 Å². The molecule has 1 heterocycles. The quantitative estimate of drug-likeness (QED) is 0.588. The molecular formula is C13H14BrNO4. The Hall–Kier alpha value is -1.24. The first-order valence-electron chi connectivity index (χ1n) is 5.87. The van der Waals surface area contributed by atoms with Gasteiger partial charge in [-0.1, -0.05) is 15.9 Å². The first kappa shape index (κ1) is 14.2. The number of halogens is 1. The molecule has 5 nitrogen and oxygen atoms in total. The third kappa shape index (κ3) is 3.02. The number of hydrogen-bond donors (Lipinski definition) is 0. The molecule has 2 rings (SSSR count). The van der Waals surface area contributed by atoms with Gasteiger partial charge in [-0.15, -0.1) is 0 Å². The van der Waals surface area contributed by atoms with E-state index in [-0.39, 0.29) is 0 Å². The maximum Gasteiger partial charge on any atom is 0.299 e. The number of hydrogen-bond acceptors (Lipinski definition) is 4. The molecule has 0 aliphatic carbocycles. The number of ether oxygens (including phenoxy) is 2. The molecule has 0 radical (unpaired) electrons. The predicted octanol–water partition coefficient (Wildman–Crippen LogP) is 1.64. The van der Waals surface area contributed by atoms with E-state index in [4.69, 9.17) is 9.47 Å². The van der Waals surface area contributed by atoms with Gasteiger partial charge in [-0.05, 0) is 18.2 Å². The normalized spacial score (nSPS) is 14.1. The second-order valence-corrected chi connectivity index (χ2v) is 4.97. The lowest BCUT2D eigenvalue weighted by molar-refractivity contribution is -0.114. The number of methoxy groups -OCH3 is 1. The van der Waals surface area contributed by atoms with E-state index in [1.807, 2.05) is 0 Å². The van der Waals surface area contributed by atoms with E-state index in [1.54, 1.807) is 25.3 Å². The van der Waals surface area contributed by atoms with Gasteiger partial charge in [0.1, 0.15) is 0 Å². The molecular weight excluding hydrogens is 314 g/mol. The van der Waals surface area contributed by atoms with Crippen LogP contribution < -0.4 is 4.90 Å². The van der Waals surface area contributed by atoms with Crippen LogP contribution in [0.2, 0.25) is 0 Å². The SMILES string of the molecule is COCCOCCN1C(=O)C(=O)c2ccc(Br)cc21. The molecule has 1 aromatic rings. The molecule has 1 aliphatic heterocycles. The molecule has 0 saturated heterocycles. The average Bonchev–Trinajstić information content (AvgIpc) is 2.63. The van der Waals surface area contributed by atoms with Crippen LogP contribution >= 0.6 is 15.9 Å². The molecule has 0 N–H and O–H groups in total. The fraction of sp³-hybridized carbons (Fsp3) is 0.385. The van der Waals surface area contributed by atoms with Gasteiger partial charge < -0.3 is 14.4 Å². The van der Waals surface area contributed by atoms with E-state index < -0.39 is 11.7 Å². The smallest absolute Gasteiger partial charge is 0.299 e. The van der Waals surface area contributed by atoms with E-state index in [2.05, 4.69) is 15.9 Å². The summed E-state index contributed by atoms with van der Waals surface area (Å²) in [5, 5.41) is 0. The van der Waals surface area contributed by atoms with E-state index in [9.17, 15) is 9.59 Å². The number of amides is 1. The Bertz CT molecular complexity index is 503. The highest BCUT2D eigenvalue weighted by atomic mass is 79.9. The van der Waals surface area contributed by atoms with Crippen LogP contribution in [-0.2, 0) is 14.3 Å². The second-order valence-electron chi connectivity index (χ2n) is 4.05. The van der Waals surface area contributed by atoms with Gasteiger partial charge in [-0.25, -0.2) is 0 Å². The largest absolute Gasteiger partial charge is 0.382 e. The van der Waals surface area contributed by atoms with Crippen LogP contribution in [0.5, 0.6) is 0 Å². The number of anilines is 1. The van der Waals surface area contributed by atoms with Crippen molar-refractivity contribution in [1.82, 2.24) is 0 Å². The molecule has 0 aromatic heterocycles. The summed E-state index contributed by atoms with van der Waals surface area (Å²) < 4.78 is 11.0. The van der Waals surface area contributed by atoms with Crippen molar-refractivity contribution in [3.8, 4) is 0 Å². The van der Waals surface area contributed by atoms with Crippen molar-refractivity contribution in [2.75, 3.05) is 38.4 Å². The van der Waals surface area contributed by atoms with Crippen LogP contribution in [0.15, 0.2) is 22.7 Å². The van der Waals surface area contributed by atoms with Crippen LogP contribution in [0.3, 0.4) is 0 Å². The van der Waals surface area contributed by atoms with Gasteiger partial charge in [0.25, 0.3) is 11.7 Å². The van der Waals surface area contributed by atoms with Crippen LogP contribution in [0, 0.1) is 0 Å². The Kier molecular flexibility index (Phi) is 4.68. The summed E-state index contributed by atoms with van der Waals surface area (Å²) >= 11 is 3.34. The molecule has 19 heavy (non-hydrogen) atoms. The average molecular weight is 328 g/mol. The van der Waals surface area contributed by atoms with Crippen molar-refractivity contribution in [3.05, 3.63) is 28.2 Å². The fourth-order valence-electron chi connectivity index (χ4n) is 1.89. The van der Waals surface area contributed by atoms with Crippen molar-refractivity contribution < 1.29 is 19.1 Å². The van der Waals surface area contributed by atoms with Crippen molar-refractivity contribution in [2.24, 2.45) is 0 Å². The molecule has 0 atom stereocenters. The van der Waals surface area contributed by atoms with Crippen molar-refractivity contribution in [2.45, 2.75) is 0 Å². The summed E-state index contributed by atoms with van der Waals surface area (Å²) in [5.41, 5.74) is 1.09. The molecule has 0 bridgehead atoms. The van der Waals surface area contributed by atoms with Crippen LogP contribution in [0.1, 0.15) is 10.4 Å². The summed E-state index contributed by atoms with van der Waals surface area (Å²) in [6.07, 6.45) is 0. The third-order valence-corrected chi connectivity index (χ3v) is 3.32. The Morgan fingerprint density at radius 1 is 1.21 bits per heavy atom. The number of carbonyl (C=O) groups excluding carboxylic acids is 2. The molecule has 6 heteroatoms. The van der Waals surface area contributed by atoms with Crippen LogP contribution in [0.25, 0.3) is 0 Å². The minimum atomic E-state index is -0.497. The van der Waals surface area contributed by atoms with E-state index in [0.717, 1.165) is 4.47 Å². The minimum Gasteiger partial charge on any atom is -0.382 e. The maximum atomic E-state index is 11.9. The number of rotatable bonds is 6. The Morgan fingerprint density at radius 3 is 2.74 bits per heavy atom. The van der Waals surface area contributed by atoms with E-state index in [0.29, 0.717) is 37.6 Å². The maximum absolute atomic E-state index is 11.9. The third-order valence-electron chi connectivity index (χ3n) is 2.83. The molecule has 0 unspecified atom stereocenters.